The molecule has 132 valence electrons. The number of nitrogens with zero attached hydrogens (tertiary/aromatic N) is 2. The number of rotatable bonds is 8. The lowest BCUT2D eigenvalue weighted by Gasteiger charge is -2.29. The number of amides is 1. The summed E-state index contributed by atoms with van der Waals surface area (Å²) < 4.78 is 5.67. The number of hydrogen-bond acceptors (Lipinski definition) is 6. The smallest absolute Gasteiger partial charge is 0.254 e. The van der Waals surface area contributed by atoms with E-state index in [2.05, 4.69) is 27.2 Å². The van der Waals surface area contributed by atoms with Crippen LogP contribution in [0.2, 0.25) is 0 Å². The maximum absolute atomic E-state index is 11.5. The van der Waals surface area contributed by atoms with Gasteiger partial charge in [0.15, 0.2) is 0 Å². The summed E-state index contributed by atoms with van der Waals surface area (Å²) in [5.74, 6) is 0.367. The second kappa shape index (κ2) is 8.63. The molecule has 7 nitrogen and oxygen atoms in total. The second-order valence-corrected chi connectivity index (χ2v) is 6.06. The van der Waals surface area contributed by atoms with Gasteiger partial charge in [0.05, 0.1) is 11.7 Å². The zero-order chi connectivity index (χ0) is 17.5. The van der Waals surface area contributed by atoms with Crippen LogP contribution in [0.15, 0.2) is 18.9 Å². The van der Waals surface area contributed by atoms with E-state index < -0.39 is 5.91 Å². The topological polar surface area (TPSA) is 102 Å². The number of hydrogen-bond donors (Lipinski definition) is 3. The zero-order valence-corrected chi connectivity index (χ0v) is 14.4. The molecule has 0 aliphatic heterocycles. The molecule has 0 spiro atoms. The van der Waals surface area contributed by atoms with Crippen molar-refractivity contribution in [2.75, 3.05) is 17.2 Å². The summed E-state index contributed by atoms with van der Waals surface area (Å²) >= 11 is 0. The second-order valence-electron chi connectivity index (χ2n) is 6.06. The first kappa shape index (κ1) is 18.2. The predicted octanol–water partition coefficient (Wildman–Crippen LogP) is 2.32. The van der Waals surface area contributed by atoms with E-state index in [9.17, 15) is 4.79 Å². The summed E-state index contributed by atoms with van der Waals surface area (Å²) in [6, 6.07) is 0.276. The van der Waals surface area contributed by atoms with E-state index in [0.717, 1.165) is 32.3 Å². The highest BCUT2D eigenvalue weighted by Gasteiger charge is 2.22. The van der Waals surface area contributed by atoms with Gasteiger partial charge in [0.2, 0.25) is 5.95 Å². The Bertz CT molecular complexity index is 570. The van der Waals surface area contributed by atoms with Gasteiger partial charge in [-0.3, -0.25) is 4.79 Å². The fourth-order valence-corrected chi connectivity index (χ4v) is 2.81. The Hall–Kier alpha value is -2.15. The minimum atomic E-state index is -0.558. The summed E-state index contributed by atoms with van der Waals surface area (Å²) in [5.41, 5.74) is 5.66. The molecule has 1 saturated carbocycles. The normalized spacial score (nSPS) is 21.8. The Morgan fingerprint density at radius 1 is 1.50 bits per heavy atom. The summed E-state index contributed by atoms with van der Waals surface area (Å²) in [7, 11) is 0. The van der Waals surface area contributed by atoms with Crippen LogP contribution in [0.5, 0.6) is 0 Å². The summed E-state index contributed by atoms with van der Waals surface area (Å²) in [6.07, 6.45) is 7.63. The van der Waals surface area contributed by atoms with Crippen molar-refractivity contribution in [1.82, 2.24) is 9.97 Å². The van der Waals surface area contributed by atoms with Crippen molar-refractivity contribution in [3.63, 3.8) is 0 Å². The highest BCUT2D eigenvalue weighted by molar-refractivity contribution is 5.97. The molecule has 1 amide bonds. The van der Waals surface area contributed by atoms with Gasteiger partial charge in [0.1, 0.15) is 5.82 Å². The first-order valence-corrected chi connectivity index (χ1v) is 8.47. The van der Waals surface area contributed by atoms with E-state index in [0.29, 0.717) is 23.9 Å². The molecule has 1 unspecified atom stereocenters. The molecule has 1 aliphatic carbocycles. The molecule has 0 bridgehead atoms. The molecule has 1 heterocycles. The van der Waals surface area contributed by atoms with Gasteiger partial charge in [-0.1, -0.05) is 6.08 Å². The lowest BCUT2D eigenvalue weighted by molar-refractivity contribution is 0.0346. The number of carbonyl (C=O) groups is 1. The maximum Gasteiger partial charge on any atom is 0.254 e. The average molecular weight is 333 g/mol. The number of anilines is 2. The third-order valence-electron chi connectivity index (χ3n) is 4.18. The van der Waals surface area contributed by atoms with Gasteiger partial charge in [0, 0.05) is 24.9 Å². The van der Waals surface area contributed by atoms with Crippen molar-refractivity contribution in [3.8, 4) is 0 Å². The van der Waals surface area contributed by atoms with Gasteiger partial charge in [0.25, 0.3) is 5.91 Å². The lowest BCUT2D eigenvalue weighted by Crippen LogP contribution is -2.30. The van der Waals surface area contributed by atoms with Gasteiger partial charge in [-0.15, -0.1) is 6.58 Å². The standard InChI is InChI=1S/C17H27N5O2/c1-4-11(3)20-16-14(15(18)23)10-19-17(22-16)21-12-6-8-13(9-7-12)24-5-2/h4,10-13H,1,5-9H2,2-3H3,(H2,18,23)(H2,19,20,21,22)/t11?,12-,13-. The number of aromatic nitrogens is 2. The van der Waals surface area contributed by atoms with Crippen LogP contribution in [0.4, 0.5) is 11.8 Å². The largest absolute Gasteiger partial charge is 0.379 e. The van der Waals surface area contributed by atoms with Gasteiger partial charge in [-0.2, -0.15) is 4.98 Å². The van der Waals surface area contributed by atoms with Crippen LogP contribution >= 0.6 is 0 Å². The first-order valence-electron chi connectivity index (χ1n) is 8.47. The van der Waals surface area contributed by atoms with Crippen molar-refractivity contribution in [3.05, 3.63) is 24.4 Å². The fourth-order valence-electron chi connectivity index (χ4n) is 2.81. The molecule has 1 aromatic rings. The van der Waals surface area contributed by atoms with Crippen LogP contribution in [0, 0.1) is 0 Å². The van der Waals surface area contributed by atoms with Crippen LogP contribution in [-0.4, -0.2) is 40.7 Å². The molecule has 0 saturated heterocycles. The number of primary amides is 1. The summed E-state index contributed by atoms with van der Waals surface area (Å²) in [6.45, 7) is 8.42. The number of nitrogens with two attached hydrogens (primary N) is 1. The van der Waals surface area contributed by atoms with Crippen LogP contribution in [0.25, 0.3) is 0 Å². The third-order valence-corrected chi connectivity index (χ3v) is 4.18. The van der Waals surface area contributed by atoms with E-state index >= 15 is 0 Å². The molecule has 1 aromatic heterocycles. The number of nitrogens with one attached hydrogen (secondary N) is 2. The first-order chi connectivity index (χ1) is 11.5. The SMILES string of the molecule is C=CC(C)Nc1nc(N[C@H]2CC[C@H](OCC)CC2)ncc1C(N)=O. The van der Waals surface area contributed by atoms with E-state index in [1.165, 1.54) is 6.20 Å². The lowest BCUT2D eigenvalue weighted by atomic mass is 9.93. The van der Waals surface area contributed by atoms with Crippen LogP contribution in [0.1, 0.15) is 49.9 Å². The number of carbonyl (C=O) groups excluding carboxylic acids is 1. The maximum atomic E-state index is 11.5. The van der Waals surface area contributed by atoms with E-state index in [4.69, 9.17) is 10.5 Å². The van der Waals surface area contributed by atoms with E-state index in [1.54, 1.807) is 6.08 Å². The minimum absolute atomic E-state index is 0.0347. The number of ether oxygens (including phenoxy) is 1. The Kier molecular flexibility index (Phi) is 6.54. The van der Waals surface area contributed by atoms with Crippen LogP contribution in [0.3, 0.4) is 0 Å². The molecule has 1 atom stereocenters. The Morgan fingerprint density at radius 2 is 2.21 bits per heavy atom. The van der Waals surface area contributed by atoms with Crippen molar-refractivity contribution in [2.24, 2.45) is 5.73 Å². The summed E-state index contributed by atoms with van der Waals surface area (Å²) in [5, 5.41) is 6.46. The van der Waals surface area contributed by atoms with Gasteiger partial charge >= 0.3 is 0 Å². The Morgan fingerprint density at radius 3 is 2.79 bits per heavy atom. The van der Waals surface area contributed by atoms with Crippen LogP contribution in [-0.2, 0) is 4.74 Å². The zero-order valence-electron chi connectivity index (χ0n) is 14.4. The molecule has 1 fully saturated rings. The highest BCUT2D eigenvalue weighted by Crippen LogP contribution is 2.24. The summed E-state index contributed by atoms with van der Waals surface area (Å²) in [4.78, 5) is 20.2. The molecular weight excluding hydrogens is 306 g/mol. The molecule has 4 N–H and O–H groups in total. The van der Waals surface area contributed by atoms with E-state index in [1.807, 2.05) is 13.8 Å². The van der Waals surface area contributed by atoms with Gasteiger partial charge in [-0.25, -0.2) is 4.98 Å². The molecule has 0 radical (unpaired) electrons. The van der Waals surface area contributed by atoms with Crippen molar-refractivity contribution in [1.29, 1.82) is 0 Å². The van der Waals surface area contributed by atoms with Gasteiger partial charge in [-0.05, 0) is 39.5 Å². The average Bonchev–Trinajstić information content (AvgIpc) is 2.56. The third kappa shape index (κ3) is 4.92. The monoisotopic (exact) mass is 333 g/mol. The molecule has 2 rings (SSSR count). The highest BCUT2D eigenvalue weighted by atomic mass is 16.5. The predicted molar refractivity (Wildman–Crippen MR) is 95.1 cm³/mol. The van der Waals surface area contributed by atoms with Crippen molar-refractivity contribution in [2.45, 2.75) is 57.7 Å². The van der Waals surface area contributed by atoms with Crippen molar-refractivity contribution >= 4 is 17.7 Å². The molecule has 24 heavy (non-hydrogen) atoms. The molecular formula is C17H27N5O2. The van der Waals surface area contributed by atoms with Crippen LogP contribution < -0.4 is 16.4 Å². The molecule has 1 aliphatic rings. The molecule has 0 aromatic carbocycles. The Balaban J connectivity index is 2.04. The quantitative estimate of drug-likeness (QED) is 0.631. The Labute approximate surface area is 143 Å². The van der Waals surface area contributed by atoms with Gasteiger partial charge < -0.3 is 21.1 Å². The van der Waals surface area contributed by atoms with Crippen molar-refractivity contribution < 1.29 is 9.53 Å². The van der Waals surface area contributed by atoms with E-state index in [-0.39, 0.29) is 11.6 Å². The molecule has 7 heteroatoms. The minimum Gasteiger partial charge on any atom is -0.379 e. The fraction of sp³-hybridized carbons (Fsp3) is 0.588.